The molecule has 1 aromatic heterocycles. The van der Waals surface area contributed by atoms with Crippen LogP contribution in [-0.4, -0.2) is 19.5 Å². The highest BCUT2D eigenvalue weighted by Crippen LogP contribution is 2.27. The van der Waals surface area contributed by atoms with Crippen LogP contribution in [0.5, 0.6) is 0 Å². The molecule has 1 amide bonds. The predicted octanol–water partition coefficient (Wildman–Crippen LogP) is 2.98. The average Bonchev–Trinajstić information content (AvgIpc) is 2.79. The van der Waals surface area contributed by atoms with Crippen LogP contribution in [0.1, 0.15) is 21.6 Å². The summed E-state index contributed by atoms with van der Waals surface area (Å²) in [6, 6.07) is 6.01. The number of rotatable bonds is 5. The van der Waals surface area contributed by atoms with E-state index in [1.807, 2.05) is 33.0 Å². The molecular weight excluding hydrogens is 316 g/mol. The lowest BCUT2D eigenvalue weighted by atomic mass is 10.1. The molecule has 0 aliphatic heterocycles. The van der Waals surface area contributed by atoms with Gasteiger partial charge in [-0.3, -0.25) is 4.79 Å². The molecule has 0 spiro atoms. The Morgan fingerprint density at radius 1 is 1.27 bits per heavy atom. The zero-order valence-corrected chi connectivity index (χ0v) is 15.0. The van der Waals surface area contributed by atoms with E-state index in [1.54, 1.807) is 11.3 Å². The number of amides is 1. The third-order valence-electron chi connectivity index (χ3n) is 3.59. The highest BCUT2D eigenvalue weighted by molar-refractivity contribution is 7.10. The number of likely N-dealkylation sites (N-methyl/N-ethyl adjacent to an activating group) is 1. The Morgan fingerprint density at radius 3 is 2.59 bits per heavy atom. The van der Waals surface area contributed by atoms with Crippen LogP contribution in [0.3, 0.4) is 0 Å². The first kappa shape index (κ1) is 17.0. The van der Waals surface area contributed by atoms with E-state index >= 15 is 0 Å². The molecule has 0 aliphatic rings. The van der Waals surface area contributed by atoms with Crippen LogP contribution < -0.4 is 10.2 Å². The fraction of sp³-hybridized carbons (Fsp3) is 0.353. The number of carbonyl (C=O) groups is 1. The van der Waals surface area contributed by atoms with E-state index in [4.69, 9.17) is 11.6 Å². The molecule has 22 heavy (non-hydrogen) atoms. The van der Waals surface area contributed by atoms with E-state index < -0.39 is 0 Å². The maximum absolute atomic E-state index is 12.2. The molecular formula is C17H22ClN2OS+. The predicted molar refractivity (Wildman–Crippen MR) is 94.1 cm³/mol. The lowest BCUT2D eigenvalue weighted by Crippen LogP contribution is -3.08. The van der Waals surface area contributed by atoms with Gasteiger partial charge in [-0.2, -0.15) is 0 Å². The van der Waals surface area contributed by atoms with Gasteiger partial charge in [-0.25, -0.2) is 0 Å². The number of nitrogens with one attached hydrogen (secondary N) is 2. The minimum absolute atomic E-state index is 0.0134. The quantitative estimate of drug-likeness (QED) is 0.864. The Morgan fingerprint density at radius 2 is 2.00 bits per heavy atom. The van der Waals surface area contributed by atoms with Gasteiger partial charge in [0.25, 0.3) is 5.91 Å². The Kier molecular flexibility index (Phi) is 5.62. The molecule has 1 unspecified atom stereocenters. The number of thiophene rings is 1. The van der Waals surface area contributed by atoms with Crippen molar-refractivity contribution in [3.63, 3.8) is 0 Å². The molecule has 1 atom stereocenters. The number of benzene rings is 1. The van der Waals surface area contributed by atoms with Crippen molar-refractivity contribution >= 4 is 34.5 Å². The summed E-state index contributed by atoms with van der Waals surface area (Å²) in [5.74, 6) is -0.0134. The van der Waals surface area contributed by atoms with Crippen molar-refractivity contribution < 1.29 is 9.69 Å². The smallest absolute Gasteiger partial charge is 0.279 e. The molecule has 0 fully saturated rings. The molecule has 3 nitrogen and oxygen atoms in total. The van der Waals surface area contributed by atoms with Crippen LogP contribution >= 0.6 is 22.9 Å². The number of carbonyl (C=O) groups excluding carboxylic acids is 1. The fourth-order valence-electron chi connectivity index (χ4n) is 2.45. The topological polar surface area (TPSA) is 33.5 Å². The van der Waals surface area contributed by atoms with Gasteiger partial charge in [-0.15, -0.1) is 11.3 Å². The molecule has 0 saturated heterocycles. The van der Waals surface area contributed by atoms with Crippen molar-refractivity contribution in [2.45, 2.75) is 27.3 Å². The normalized spacial score (nSPS) is 12.2. The number of halogens is 1. The summed E-state index contributed by atoms with van der Waals surface area (Å²) in [5, 5.41) is 5.63. The minimum Gasteiger partial charge on any atom is -0.325 e. The molecule has 0 aliphatic carbocycles. The molecule has 0 bridgehead atoms. The molecule has 0 radical (unpaired) electrons. The highest BCUT2D eigenvalue weighted by Gasteiger charge is 2.15. The van der Waals surface area contributed by atoms with Crippen LogP contribution in [0, 0.1) is 20.8 Å². The van der Waals surface area contributed by atoms with Gasteiger partial charge in [0, 0.05) is 0 Å². The van der Waals surface area contributed by atoms with Crippen molar-refractivity contribution in [1.29, 1.82) is 0 Å². The van der Waals surface area contributed by atoms with Crippen molar-refractivity contribution in [2.24, 2.45) is 0 Å². The fourth-order valence-corrected chi connectivity index (χ4v) is 3.84. The first-order valence-corrected chi connectivity index (χ1v) is 8.53. The molecule has 118 valence electrons. The molecule has 1 heterocycles. The van der Waals surface area contributed by atoms with Crippen molar-refractivity contribution in [3.8, 4) is 0 Å². The molecule has 2 N–H and O–H groups in total. The van der Waals surface area contributed by atoms with E-state index in [-0.39, 0.29) is 5.91 Å². The highest BCUT2D eigenvalue weighted by atomic mass is 35.5. The van der Waals surface area contributed by atoms with Gasteiger partial charge in [0.2, 0.25) is 0 Å². The largest absolute Gasteiger partial charge is 0.325 e. The van der Waals surface area contributed by atoms with Crippen LogP contribution in [0.25, 0.3) is 0 Å². The standard InChI is InChI=1S/C17H21ClN2OS/c1-11-7-13(3)17(14(18)8-11)19-16(21)10-20(4)9-15-12(2)5-6-22-15/h5-8H,9-10H2,1-4H3,(H,19,21)/p+1. The molecule has 1 aromatic carbocycles. The SMILES string of the molecule is Cc1cc(C)c(NC(=O)C[NH+](C)Cc2sccc2C)c(Cl)c1. The second-order valence-electron chi connectivity index (χ2n) is 5.82. The summed E-state index contributed by atoms with van der Waals surface area (Å²) in [6.45, 7) is 7.33. The first-order valence-electron chi connectivity index (χ1n) is 7.27. The summed E-state index contributed by atoms with van der Waals surface area (Å²) in [7, 11) is 2.03. The average molecular weight is 338 g/mol. The van der Waals surface area contributed by atoms with E-state index in [1.165, 1.54) is 10.4 Å². The number of anilines is 1. The van der Waals surface area contributed by atoms with Crippen molar-refractivity contribution in [1.82, 2.24) is 0 Å². The van der Waals surface area contributed by atoms with Gasteiger partial charge in [-0.05, 0) is 55.0 Å². The zero-order chi connectivity index (χ0) is 16.3. The second kappa shape index (κ2) is 7.27. The second-order valence-corrected chi connectivity index (χ2v) is 7.23. The number of quaternary nitrogens is 1. The Balaban J connectivity index is 1.97. The summed E-state index contributed by atoms with van der Waals surface area (Å²) in [6.07, 6.45) is 0. The van der Waals surface area contributed by atoms with Crippen LogP contribution in [0.2, 0.25) is 5.02 Å². The molecule has 2 rings (SSSR count). The summed E-state index contributed by atoms with van der Waals surface area (Å²) >= 11 is 7.97. The summed E-state index contributed by atoms with van der Waals surface area (Å²) < 4.78 is 0. The molecule has 2 aromatic rings. The lowest BCUT2D eigenvalue weighted by molar-refractivity contribution is -0.884. The Labute approximate surface area is 140 Å². The third-order valence-corrected chi connectivity index (χ3v) is 4.91. The zero-order valence-electron chi connectivity index (χ0n) is 13.4. The van der Waals surface area contributed by atoms with E-state index in [0.29, 0.717) is 11.6 Å². The van der Waals surface area contributed by atoms with Crippen LogP contribution in [-0.2, 0) is 11.3 Å². The Hall–Kier alpha value is -1.36. The minimum atomic E-state index is -0.0134. The van der Waals surface area contributed by atoms with Crippen LogP contribution in [0.15, 0.2) is 23.6 Å². The van der Waals surface area contributed by atoms with E-state index in [0.717, 1.165) is 28.3 Å². The van der Waals surface area contributed by atoms with E-state index in [9.17, 15) is 4.79 Å². The van der Waals surface area contributed by atoms with Gasteiger partial charge in [0.05, 0.1) is 22.6 Å². The lowest BCUT2D eigenvalue weighted by Gasteiger charge is -2.15. The third kappa shape index (κ3) is 4.32. The van der Waals surface area contributed by atoms with Gasteiger partial charge in [0.15, 0.2) is 6.54 Å². The van der Waals surface area contributed by atoms with Gasteiger partial charge < -0.3 is 10.2 Å². The summed E-state index contributed by atoms with van der Waals surface area (Å²) in [4.78, 5) is 14.7. The van der Waals surface area contributed by atoms with Gasteiger partial charge >= 0.3 is 0 Å². The first-order chi connectivity index (χ1) is 10.4. The van der Waals surface area contributed by atoms with Crippen molar-refractivity contribution in [2.75, 3.05) is 18.9 Å². The number of hydrogen-bond donors (Lipinski definition) is 2. The molecule has 0 saturated carbocycles. The van der Waals surface area contributed by atoms with Gasteiger partial charge in [-0.1, -0.05) is 17.7 Å². The maximum atomic E-state index is 12.2. The van der Waals surface area contributed by atoms with E-state index in [2.05, 4.69) is 23.7 Å². The van der Waals surface area contributed by atoms with Gasteiger partial charge in [0.1, 0.15) is 6.54 Å². The molecule has 5 heteroatoms. The summed E-state index contributed by atoms with van der Waals surface area (Å²) in [5.41, 5.74) is 4.10. The maximum Gasteiger partial charge on any atom is 0.279 e. The van der Waals surface area contributed by atoms with Crippen molar-refractivity contribution in [3.05, 3.63) is 50.2 Å². The number of hydrogen-bond acceptors (Lipinski definition) is 2. The monoisotopic (exact) mass is 337 g/mol. The number of aryl methyl sites for hydroxylation is 3. The Bertz CT molecular complexity index is 658. The van der Waals surface area contributed by atoms with Crippen LogP contribution in [0.4, 0.5) is 5.69 Å².